The number of hydrogen-bond acceptors (Lipinski definition) is 5. The predicted molar refractivity (Wildman–Crippen MR) is 75.2 cm³/mol. The Morgan fingerprint density at radius 1 is 1.33 bits per heavy atom. The fraction of sp³-hybridized carbons (Fsp3) is 0.214. The molecule has 0 fully saturated rings. The molecule has 0 aliphatic carbocycles. The standard InChI is InChI=1S/C14H13FN4O2/c15-10-3-1-9(2-4-10)11-5-6-19(7-12(11)20)13-16-8-17-14(21)18-13/h1-5,8,12,20H,6-7H2,(H,16,17,18,21)/t12-/m0/s1. The molecule has 0 unspecified atom stereocenters. The Balaban J connectivity index is 1.85. The van der Waals surface area contributed by atoms with Gasteiger partial charge in [-0.1, -0.05) is 18.2 Å². The molecule has 1 atom stereocenters. The van der Waals surface area contributed by atoms with Crippen molar-refractivity contribution in [2.24, 2.45) is 0 Å². The van der Waals surface area contributed by atoms with Crippen molar-refractivity contribution < 1.29 is 9.50 Å². The number of aliphatic hydroxyl groups excluding tert-OH is 1. The lowest BCUT2D eigenvalue weighted by Gasteiger charge is -2.30. The fourth-order valence-electron chi connectivity index (χ4n) is 2.29. The summed E-state index contributed by atoms with van der Waals surface area (Å²) in [7, 11) is 0. The minimum Gasteiger partial charge on any atom is -0.387 e. The fourth-order valence-corrected chi connectivity index (χ4v) is 2.29. The quantitative estimate of drug-likeness (QED) is 0.844. The molecule has 0 saturated carbocycles. The van der Waals surface area contributed by atoms with Crippen LogP contribution in [-0.2, 0) is 0 Å². The zero-order valence-corrected chi connectivity index (χ0v) is 11.0. The lowest BCUT2D eigenvalue weighted by Crippen LogP contribution is -2.39. The van der Waals surface area contributed by atoms with Gasteiger partial charge in [-0.15, -0.1) is 0 Å². The molecule has 2 heterocycles. The molecule has 6 nitrogen and oxygen atoms in total. The van der Waals surface area contributed by atoms with Crippen LogP contribution in [0.1, 0.15) is 5.56 Å². The Hall–Kier alpha value is -2.54. The van der Waals surface area contributed by atoms with E-state index in [2.05, 4.69) is 15.0 Å². The number of nitrogens with one attached hydrogen (secondary N) is 1. The number of rotatable bonds is 2. The molecule has 1 aromatic carbocycles. The Bertz CT molecular complexity index is 726. The number of β-amino-alcohol motifs (C(OH)–C–C–N with tert-alkyl or cyclic N) is 1. The van der Waals surface area contributed by atoms with Gasteiger partial charge in [-0.2, -0.15) is 4.98 Å². The first-order valence-electron chi connectivity index (χ1n) is 6.44. The summed E-state index contributed by atoms with van der Waals surface area (Å²) in [5.74, 6) is -0.0459. The van der Waals surface area contributed by atoms with E-state index in [4.69, 9.17) is 0 Å². The van der Waals surface area contributed by atoms with Gasteiger partial charge in [-0.05, 0) is 23.3 Å². The third kappa shape index (κ3) is 2.82. The number of nitrogens with zero attached hydrogens (tertiary/aromatic N) is 3. The van der Waals surface area contributed by atoms with E-state index in [1.54, 1.807) is 17.0 Å². The zero-order chi connectivity index (χ0) is 14.8. The lowest BCUT2D eigenvalue weighted by molar-refractivity contribution is 0.233. The third-order valence-corrected chi connectivity index (χ3v) is 3.31. The van der Waals surface area contributed by atoms with E-state index < -0.39 is 11.8 Å². The molecule has 7 heteroatoms. The third-order valence-electron chi connectivity index (χ3n) is 3.31. The maximum atomic E-state index is 12.9. The maximum absolute atomic E-state index is 12.9. The van der Waals surface area contributed by atoms with Gasteiger partial charge in [-0.25, -0.2) is 14.2 Å². The van der Waals surface area contributed by atoms with E-state index in [-0.39, 0.29) is 18.3 Å². The minimum absolute atomic E-state index is 0.270. The Morgan fingerprint density at radius 3 is 2.76 bits per heavy atom. The van der Waals surface area contributed by atoms with Gasteiger partial charge in [0.05, 0.1) is 12.6 Å². The molecule has 1 aromatic heterocycles. The molecule has 0 amide bonds. The first-order valence-corrected chi connectivity index (χ1v) is 6.44. The average Bonchev–Trinajstić information content (AvgIpc) is 2.48. The van der Waals surface area contributed by atoms with Crippen LogP contribution in [0.4, 0.5) is 10.3 Å². The molecule has 2 N–H and O–H groups in total. The number of benzene rings is 1. The monoisotopic (exact) mass is 288 g/mol. The van der Waals surface area contributed by atoms with Crippen molar-refractivity contribution in [1.82, 2.24) is 15.0 Å². The Morgan fingerprint density at radius 2 is 2.10 bits per heavy atom. The highest BCUT2D eigenvalue weighted by atomic mass is 19.1. The van der Waals surface area contributed by atoms with Gasteiger partial charge in [0.15, 0.2) is 0 Å². The van der Waals surface area contributed by atoms with Crippen LogP contribution in [-0.4, -0.2) is 39.3 Å². The number of hydrogen-bond donors (Lipinski definition) is 2. The van der Waals surface area contributed by atoms with Crippen molar-refractivity contribution >= 4 is 11.5 Å². The van der Waals surface area contributed by atoms with E-state index in [0.29, 0.717) is 6.54 Å². The van der Waals surface area contributed by atoms with Gasteiger partial charge in [0, 0.05) is 6.54 Å². The van der Waals surface area contributed by atoms with Gasteiger partial charge in [0.25, 0.3) is 0 Å². The van der Waals surface area contributed by atoms with Gasteiger partial charge < -0.3 is 10.0 Å². The summed E-state index contributed by atoms with van der Waals surface area (Å²) in [5, 5.41) is 10.2. The van der Waals surface area contributed by atoms with Crippen LogP contribution in [0.15, 0.2) is 41.5 Å². The van der Waals surface area contributed by atoms with Crippen LogP contribution in [0, 0.1) is 5.82 Å². The van der Waals surface area contributed by atoms with Crippen molar-refractivity contribution in [3.63, 3.8) is 0 Å². The van der Waals surface area contributed by atoms with E-state index in [0.717, 1.165) is 11.1 Å². The molecule has 0 saturated heterocycles. The topological polar surface area (TPSA) is 82.1 Å². The number of aromatic nitrogens is 3. The summed E-state index contributed by atoms with van der Waals surface area (Å²) < 4.78 is 12.9. The average molecular weight is 288 g/mol. The van der Waals surface area contributed by atoms with Gasteiger partial charge in [0.2, 0.25) is 5.95 Å². The van der Waals surface area contributed by atoms with E-state index in [9.17, 15) is 14.3 Å². The van der Waals surface area contributed by atoms with Crippen molar-refractivity contribution in [3.8, 4) is 0 Å². The van der Waals surface area contributed by atoms with Crippen molar-refractivity contribution in [2.45, 2.75) is 6.10 Å². The molecular formula is C14H13FN4O2. The van der Waals surface area contributed by atoms with Crippen molar-refractivity contribution in [1.29, 1.82) is 0 Å². The molecule has 3 rings (SSSR count). The van der Waals surface area contributed by atoms with Gasteiger partial charge in [0.1, 0.15) is 12.1 Å². The molecule has 0 bridgehead atoms. The highest BCUT2D eigenvalue weighted by molar-refractivity contribution is 5.71. The minimum atomic E-state index is -0.757. The molecule has 108 valence electrons. The number of aliphatic hydroxyl groups is 1. The second-order valence-electron chi connectivity index (χ2n) is 4.71. The highest BCUT2D eigenvalue weighted by Crippen LogP contribution is 2.24. The normalized spacial score (nSPS) is 18.5. The van der Waals surface area contributed by atoms with Gasteiger partial charge >= 0.3 is 5.69 Å². The molecule has 21 heavy (non-hydrogen) atoms. The van der Waals surface area contributed by atoms with Crippen LogP contribution >= 0.6 is 0 Å². The molecule has 1 aliphatic heterocycles. The van der Waals surface area contributed by atoms with Crippen molar-refractivity contribution in [2.75, 3.05) is 18.0 Å². The molecule has 1 aliphatic rings. The Kier molecular flexibility index (Phi) is 3.49. The summed E-state index contributed by atoms with van der Waals surface area (Å²) >= 11 is 0. The van der Waals surface area contributed by atoms with Crippen LogP contribution in [0.3, 0.4) is 0 Å². The smallest absolute Gasteiger partial charge is 0.349 e. The summed E-state index contributed by atoms with van der Waals surface area (Å²) in [4.78, 5) is 23.0. The zero-order valence-electron chi connectivity index (χ0n) is 11.0. The Labute approximate surface area is 119 Å². The van der Waals surface area contributed by atoms with E-state index in [1.807, 2.05) is 6.08 Å². The van der Waals surface area contributed by atoms with E-state index in [1.165, 1.54) is 18.5 Å². The SMILES string of the molecule is O=c1nc(N2CC=C(c3ccc(F)cc3)[C@@H](O)C2)nc[nH]1. The van der Waals surface area contributed by atoms with Gasteiger partial charge in [-0.3, -0.25) is 4.98 Å². The summed E-state index contributed by atoms with van der Waals surface area (Å²) in [6, 6.07) is 5.97. The van der Waals surface area contributed by atoms with Crippen LogP contribution < -0.4 is 10.6 Å². The first-order chi connectivity index (χ1) is 10.1. The molecule has 0 radical (unpaired) electrons. The number of H-pyrrole nitrogens is 1. The van der Waals surface area contributed by atoms with Crippen molar-refractivity contribution in [3.05, 3.63) is 58.5 Å². The van der Waals surface area contributed by atoms with Crippen LogP contribution in [0.25, 0.3) is 5.57 Å². The summed E-state index contributed by atoms with van der Waals surface area (Å²) in [6.07, 6.45) is 2.34. The summed E-state index contributed by atoms with van der Waals surface area (Å²) in [6.45, 7) is 0.736. The second kappa shape index (κ2) is 5.45. The second-order valence-corrected chi connectivity index (χ2v) is 4.71. The molecular weight excluding hydrogens is 275 g/mol. The molecule has 2 aromatic rings. The number of anilines is 1. The highest BCUT2D eigenvalue weighted by Gasteiger charge is 2.23. The predicted octanol–water partition coefficient (Wildman–Crippen LogP) is 0.569. The largest absolute Gasteiger partial charge is 0.387 e. The number of halogens is 1. The lowest BCUT2D eigenvalue weighted by atomic mass is 9.97. The molecule has 0 spiro atoms. The number of aromatic amines is 1. The first kappa shape index (κ1) is 13.4. The maximum Gasteiger partial charge on any atom is 0.349 e. The van der Waals surface area contributed by atoms with Crippen LogP contribution in [0.5, 0.6) is 0 Å². The van der Waals surface area contributed by atoms with E-state index >= 15 is 0 Å². The van der Waals surface area contributed by atoms with Crippen LogP contribution in [0.2, 0.25) is 0 Å². The summed E-state index contributed by atoms with van der Waals surface area (Å²) in [5.41, 5.74) is 1.02.